The smallest absolute Gasteiger partial charge is 0.229 e. The molecule has 2 N–H and O–H groups in total. The highest BCUT2D eigenvalue weighted by molar-refractivity contribution is 7.09. The molecule has 2 saturated heterocycles. The zero-order valence-corrected chi connectivity index (χ0v) is 19.2. The maximum atomic E-state index is 12.4. The first-order chi connectivity index (χ1) is 15.1. The molecule has 166 valence electrons. The summed E-state index contributed by atoms with van der Waals surface area (Å²) in [6, 6.07) is 9.93. The molecule has 3 heterocycles. The van der Waals surface area contributed by atoms with Gasteiger partial charge in [0.1, 0.15) is 0 Å². The second-order valence-electron chi connectivity index (χ2n) is 8.42. The third-order valence-electron chi connectivity index (χ3n) is 6.07. The predicted molar refractivity (Wildman–Crippen MR) is 127 cm³/mol. The highest BCUT2D eigenvalue weighted by Crippen LogP contribution is 2.21. The van der Waals surface area contributed by atoms with Gasteiger partial charge in [0.15, 0.2) is 5.96 Å². The van der Waals surface area contributed by atoms with E-state index in [2.05, 4.69) is 37.8 Å². The summed E-state index contributed by atoms with van der Waals surface area (Å²) < 4.78 is 0. The van der Waals surface area contributed by atoms with Crippen LogP contribution >= 0.6 is 11.3 Å². The van der Waals surface area contributed by atoms with Crippen LogP contribution in [0.15, 0.2) is 40.7 Å². The number of aryl methyl sites for hydroxylation is 1. The van der Waals surface area contributed by atoms with Gasteiger partial charge in [-0.1, -0.05) is 18.2 Å². The van der Waals surface area contributed by atoms with E-state index in [0.717, 1.165) is 42.8 Å². The van der Waals surface area contributed by atoms with Crippen molar-refractivity contribution in [3.63, 3.8) is 0 Å². The average molecular weight is 441 g/mol. The van der Waals surface area contributed by atoms with Crippen molar-refractivity contribution in [2.75, 3.05) is 38.1 Å². The van der Waals surface area contributed by atoms with Gasteiger partial charge in [-0.15, -0.1) is 11.3 Å². The Bertz CT molecular complexity index is 890. The van der Waals surface area contributed by atoms with Crippen LogP contribution in [0.3, 0.4) is 0 Å². The highest BCUT2D eigenvalue weighted by atomic mass is 32.1. The minimum absolute atomic E-state index is 0.0716. The Morgan fingerprint density at radius 1 is 1.26 bits per heavy atom. The predicted octanol–water partition coefficient (Wildman–Crippen LogP) is 2.63. The van der Waals surface area contributed by atoms with Crippen molar-refractivity contribution < 1.29 is 4.79 Å². The molecule has 0 saturated carbocycles. The van der Waals surface area contributed by atoms with Gasteiger partial charge in [0, 0.05) is 44.2 Å². The zero-order chi connectivity index (χ0) is 21.6. The number of rotatable bonds is 6. The van der Waals surface area contributed by atoms with E-state index in [1.807, 2.05) is 35.2 Å². The van der Waals surface area contributed by atoms with E-state index < -0.39 is 0 Å². The molecule has 2 aliphatic rings. The SMILES string of the molecule is CN=C(NCC1CCN(Cc2csc(C)n2)CC1)NC1CC(=O)N(c2ccccc2)C1. The quantitative estimate of drug-likeness (QED) is 0.534. The van der Waals surface area contributed by atoms with Crippen LogP contribution in [-0.4, -0.2) is 61.0 Å². The van der Waals surface area contributed by atoms with Crippen molar-refractivity contribution in [2.24, 2.45) is 10.9 Å². The number of piperidine rings is 1. The zero-order valence-electron chi connectivity index (χ0n) is 18.4. The third kappa shape index (κ3) is 5.83. The lowest BCUT2D eigenvalue weighted by molar-refractivity contribution is -0.117. The normalized spacial score (nSPS) is 21.0. The molecule has 4 rings (SSSR count). The van der Waals surface area contributed by atoms with E-state index >= 15 is 0 Å². The minimum atomic E-state index is 0.0716. The Morgan fingerprint density at radius 3 is 2.71 bits per heavy atom. The van der Waals surface area contributed by atoms with Gasteiger partial charge >= 0.3 is 0 Å². The summed E-state index contributed by atoms with van der Waals surface area (Å²) in [6.45, 7) is 6.82. The summed E-state index contributed by atoms with van der Waals surface area (Å²) in [5, 5.41) is 10.2. The average Bonchev–Trinajstić information content (AvgIpc) is 3.37. The summed E-state index contributed by atoms with van der Waals surface area (Å²) >= 11 is 1.73. The lowest BCUT2D eigenvalue weighted by atomic mass is 9.97. The van der Waals surface area contributed by atoms with E-state index in [1.165, 1.54) is 18.5 Å². The second-order valence-corrected chi connectivity index (χ2v) is 9.48. The molecule has 1 unspecified atom stereocenters. The van der Waals surface area contributed by atoms with E-state index in [4.69, 9.17) is 0 Å². The van der Waals surface area contributed by atoms with E-state index in [-0.39, 0.29) is 11.9 Å². The number of nitrogens with zero attached hydrogens (tertiary/aromatic N) is 4. The molecular formula is C23H32N6OS. The molecule has 0 spiro atoms. The highest BCUT2D eigenvalue weighted by Gasteiger charge is 2.31. The first-order valence-electron chi connectivity index (χ1n) is 11.1. The Morgan fingerprint density at radius 2 is 2.03 bits per heavy atom. The van der Waals surface area contributed by atoms with Gasteiger partial charge in [-0.25, -0.2) is 4.98 Å². The number of guanidine groups is 1. The standard InChI is InChI=1S/C23H32N6OS/c1-17-26-20(16-31-17)14-28-10-8-18(9-11-28)13-25-23(24-2)27-19-12-22(30)29(15-19)21-6-4-3-5-7-21/h3-7,16,18-19H,8-15H2,1-2H3,(H2,24,25,27). The van der Waals surface area contributed by atoms with Crippen LogP contribution in [0.1, 0.15) is 30.0 Å². The summed E-state index contributed by atoms with van der Waals surface area (Å²) in [7, 11) is 1.79. The van der Waals surface area contributed by atoms with Crippen LogP contribution in [0.2, 0.25) is 0 Å². The largest absolute Gasteiger partial charge is 0.356 e. The number of aromatic nitrogens is 1. The van der Waals surface area contributed by atoms with Gasteiger partial charge in [-0.05, 0) is 50.9 Å². The maximum absolute atomic E-state index is 12.4. The Labute approximate surface area is 188 Å². The number of nitrogens with one attached hydrogen (secondary N) is 2. The third-order valence-corrected chi connectivity index (χ3v) is 6.90. The van der Waals surface area contributed by atoms with E-state index in [1.54, 1.807) is 18.4 Å². The molecule has 1 aromatic heterocycles. The molecule has 31 heavy (non-hydrogen) atoms. The number of benzene rings is 1. The van der Waals surface area contributed by atoms with Crippen LogP contribution in [0.4, 0.5) is 5.69 Å². The van der Waals surface area contributed by atoms with Gasteiger partial charge < -0.3 is 15.5 Å². The molecule has 2 fully saturated rings. The van der Waals surface area contributed by atoms with Gasteiger partial charge in [-0.2, -0.15) is 0 Å². The minimum Gasteiger partial charge on any atom is -0.356 e. The number of aliphatic imine (C=N–C) groups is 1. The first-order valence-corrected chi connectivity index (χ1v) is 11.9. The Kier molecular flexibility index (Phi) is 7.19. The molecule has 1 atom stereocenters. The summed E-state index contributed by atoms with van der Waals surface area (Å²) in [4.78, 5) is 25.8. The Balaban J connectivity index is 1.19. The number of thiazole rings is 1. The summed E-state index contributed by atoms with van der Waals surface area (Å²) in [5.41, 5.74) is 2.15. The number of hydrogen-bond donors (Lipinski definition) is 2. The molecule has 0 aliphatic carbocycles. The van der Waals surface area contributed by atoms with Crippen molar-refractivity contribution in [3.05, 3.63) is 46.4 Å². The number of likely N-dealkylation sites (tertiary alicyclic amines) is 1. The van der Waals surface area contributed by atoms with Crippen LogP contribution in [0.5, 0.6) is 0 Å². The Hall–Kier alpha value is -2.45. The number of para-hydroxylation sites is 1. The van der Waals surface area contributed by atoms with Crippen LogP contribution in [0, 0.1) is 12.8 Å². The van der Waals surface area contributed by atoms with Crippen molar-refractivity contribution in [2.45, 2.75) is 38.8 Å². The lowest BCUT2D eigenvalue weighted by Crippen LogP contribution is -2.47. The van der Waals surface area contributed by atoms with Crippen LogP contribution in [0.25, 0.3) is 0 Å². The molecular weight excluding hydrogens is 408 g/mol. The second kappa shape index (κ2) is 10.2. The van der Waals surface area contributed by atoms with Crippen LogP contribution in [-0.2, 0) is 11.3 Å². The van der Waals surface area contributed by atoms with Crippen molar-refractivity contribution in [1.29, 1.82) is 0 Å². The van der Waals surface area contributed by atoms with Gasteiger partial charge in [-0.3, -0.25) is 14.7 Å². The molecule has 7 nitrogen and oxygen atoms in total. The number of amides is 1. The molecule has 1 aromatic carbocycles. The van der Waals surface area contributed by atoms with Gasteiger partial charge in [0.05, 0.1) is 16.7 Å². The molecule has 1 amide bonds. The van der Waals surface area contributed by atoms with Crippen LogP contribution < -0.4 is 15.5 Å². The van der Waals surface area contributed by atoms with E-state index in [9.17, 15) is 4.79 Å². The lowest BCUT2D eigenvalue weighted by Gasteiger charge is -2.32. The van der Waals surface area contributed by atoms with E-state index in [0.29, 0.717) is 18.9 Å². The van der Waals surface area contributed by atoms with Crippen molar-refractivity contribution in [1.82, 2.24) is 20.5 Å². The summed E-state index contributed by atoms with van der Waals surface area (Å²) in [6.07, 6.45) is 2.84. The fourth-order valence-electron chi connectivity index (χ4n) is 4.35. The summed E-state index contributed by atoms with van der Waals surface area (Å²) in [5.74, 6) is 1.58. The number of hydrogen-bond acceptors (Lipinski definition) is 5. The van der Waals surface area contributed by atoms with Crippen molar-refractivity contribution >= 4 is 28.9 Å². The number of carbonyl (C=O) groups excluding carboxylic acids is 1. The van der Waals surface area contributed by atoms with Crippen molar-refractivity contribution in [3.8, 4) is 0 Å². The molecule has 8 heteroatoms. The molecule has 0 bridgehead atoms. The maximum Gasteiger partial charge on any atom is 0.229 e. The number of carbonyl (C=O) groups is 1. The molecule has 0 radical (unpaired) electrons. The number of anilines is 1. The van der Waals surface area contributed by atoms with Gasteiger partial charge in [0.25, 0.3) is 0 Å². The fourth-order valence-corrected chi connectivity index (χ4v) is 4.95. The first kappa shape index (κ1) is 21.8. The fraction of sp³-hybridized carbons (Fsp3) is 0.522. The monoisotopic (exact) mass is 440 g/mol. The van der Waals surface area contributed by atoms with Gasteiger partial charge in [0.2, 0.25) is 5.91 Å². The molecule has 2 aliphatic heterocycles. The molecule has 2 aromatic rings. The topological polar surface area (TPSA) is 72.9 Å².